The number of benzene rings is 1. The third-order valence-electron chi connectivity index (χ3n) is 1.78. The molecule has 0 unspecified atom stereocenters. The Bertz CT molecular complexity index is 350. The van der Waals surface area contributed by atoms with Gasteiger partial charge in [0, 0.05) is 11.0 Å². The first-order valence-corrected chi connectivity index (χ1v) is 5.12. The van der Waals surface area contributed by atoms with E-state index in [-0.39, 0.29) is 12.4 Å². The molecule has 1 N–H and O–H groups in total. The molecule has 1 rings (SSSR count). The van der Waals surface area contributed by atoms with Crippen LogP contribution in [0.1, 0.15) is 5.56 Å². The number of halogens is 2. The Hall–Kier alpha value is -0.940. The molecule has 82 valence electrons. The fourth-order valence-corrected chi connectivity index (χ4v) is 1.81. The van der Waals surface area contributed by atoms with Crippen LogP contribution in [0.3, 0.4) is 0 Å². The molecule has 0 amide bonds. The highest BCUT2D eigenvalue weighted by molar-refractivity contribution is 9.10. The van der Waals surface area contributed by atoms with Crippen LogP contribution in [0.2, 0.25) is 0 Å². The molecule has 0 heterocycles. The van der Waals surface area contributed by atoms with Crippen molar-refractivity contribution < 1.29 is 14.3 Å². The number of carboxylic acids is 1. The molecule has 0 aliphatic carbocycles. The topological polar surface area (TPSA) is 40.5 Å². The van der Waals surface area contributed by atoms with Gasteiger partial charge in [0.2, 0.25) is 0 Å². The van der Waals surface area contributed by atoms with E-state index in [1.165, 1.54) is 12.1 Å². The molecule has 0 radical (unpaired) electrons. The summed E-state index contributed by atoms with van der Waals surface area (Å²) < 4.78 is 13.6. The van der Waals surface area contributed by atoms with Crippen molar-refractivity contribution in [2.45, 2.75) is 6.54 Å². The quantitative estimate of drug-likeness (QED) is 0.915. The maximum absolute atomic E-state index is 13.0. The molecule has 3 nitrogen and oxygen atoms in total. The number of hydrogen-bond donors (Lipinski definition) is 1. The molecule has 1 aromatic rings. The van der Waals surface area contributed by atoms with Gasteiger partial charge in [-0.15, -0.1) is 0 Å². The number of carboxylic acid groups (broad SMARTS) is 1. The van der Waals surface area contributed by atoms with Crippen LogP contribution in [0.15, 0.2) is 22.7 Å². The molecular weight excluding hydrogens is 265 g/mol. The molecule has 0 aliphatic heterocycles. The summed E-state index contributed by atoms with van der Waals surface area (Å²) in [7, 11) is 1.67. The molecule has 5 heteroatoms. The van der Waals surface area contributed by atoms with Gasteiger partial charge in [-0.05, 0) is 30.8 Å². The van der Waals surface area contributed by atoms with Crippen molar-refractivity contribution in [1.82, 2.24) is 4.90 Å². The lowest BCUT2D eigenvalue weighted by Crippen LogP contribution is -2.25. The number of aliphatic carboxylic acids is 1. The average molecular weight is 276 g/mol. The van der Waals surface area contributed by atoms with Gasteiger partial charge in [-0.25, -0.2) is 4.39 Å². The van der Waals surface area contributed by atoms with Gasteiger partial charge in [-0.3, -0.25) is 9.69 Å². The second-order valence-electron chi connectivity index (χ2n) is 3.34. The van der Waals surface area contributed by atoms with Gasteiger partial charge in [0.05, 0.1) is 6.54 Å². The summed E-state index contributed by atoms with van der Waals surface area (Å²) in [6.45, 7) is 0.344. The third-order valence-corrected chi connectivity index (χ3v) is 2.24. The summed E-state index contributed by atoms with van der Waals surface area (Å²) in [5.74, 6) is -1.23. The van der Waals surface area contributed by atoms with Crippen LogP contribution >= 0.6 is 15.9 Å². The predicted octanol–water partition coefficient (Wildman–Crippen LogP) is 2.10. The lowest BCUT2D eigenvalue weighted by atomic mass is 10.2. The van der Waals surface area contributed by atoms with E-state index in [1.807, 2.05) is 0 Å². The van der Waals surface area contributed by atoms with E-state index in [9.17, 15) is 9.18 Å². The second kappa shape index (κ2) is 5.23. The second-order valence-corrected chi connectivity index (χ2v) is 4.26. The predicted molar refractivity (Wildman–Crippen MR) is 58.1 cm³/mol. The Balaban J connectivity index is 2.67. The van der Waals surface area contributed by atoms with Crippen LogP contribution in [-0.2, 0) is 11.3 Å². The van der Waals surface area contributed by atoms with Crippen molar-refractivity contribution in [2.75, 3.05) is 13.6 Å². The summed E-state index contributed by atoms with van der Waals surface area (Å²) in [5, 5.41) is 8.55. The Morgan fingerprint density at radius 2 is 2.20 bits per heavy atom. The summed E-state index contributed by atoms with van der Waals surface area (Å²) in [5.41, 5.74) is 0.741. The van der Waals surface area contributed by atoms with Crippen LogP contribution in [0, 0.1) is 5.82 Å². The van der Waals surface area contributed by atoms with Crippen LogP contribution in [0.25, 0.3) is 0 Å². The highest BCUT2D eigenvalue weighted by atomic mass is 79.9. The van der Waals surface area contributed by atoms with Gasteiger partial charge >= 0.3 is 5.97 Å². The molecule has 0 aliphatic rings. The molecule has 0 saturated heterocycles. The van der Waals surface area contributed by atoms with E-state index in [2.05, 4.69) is 15.9 Å². The fourth-order valence-electron chi connectivity index (χ4n) is 1.30. The van der Waals surface area contributed by atoms with Gasteiger partial charge in [0.25, 0.3) is 0 Å². The molecular formula is C10H11BrFNO2. The molecule has 0 saturated carbocycles. The first-order chi connectivity index (χ1) is 6.97. The van der Waals surface area contributed by atoms with Crippen LogP contribution < -0.4 is 0 Å². The van der Waals surface area contributed by atoms with E-state index in [0.29, 0.717) is 11.0 Å². The van der Waals surface area contributed by atoms with E-state index >= 15 is 0 Å². The van der Waals surface area contributed by atoms with Gasteiger partial charge in [-0.1, -0.05) is 15.9 Å². The highest BCUT2D eigenvalue weighted by Crippen LogP contribution is 2.15. The molecule has 1 aromatic carbocycles. The number of nitrogens with zero attached hydrogens (tertiary/aromatic N) is 1. The minimum atomic E-state index is -0.895. The van der Waals surface area contributed by atoms with Crippen molar-refractivity contribution in [3.63, 3.8) is 0 Å². The Morgan fingerprint density at radius 3 is 2.73 bits per heavy atom. The SMILES string of the molecule is CN(CC(=O)O)Cc1cc(F)cc(Br)c1. The first-order valence-electron chi connectivity index (χ1n) is 4.32. The number of likely N-dealkylation sites (N-methyl/N-ethyl adjacent to an activating group) is 1. The molecule has 0 aromatic heterocycles. The zero-order chi connectivity index (χ0) is 11.4. The molecule has 15 heavy (non-hydrogen) atoms. The summed E-state index contributed by atoms with van der Waals surface area (Å²) in [4.78, 5) is 12.0. The van der Waals surface area contributed by atoms with Crippen LogP contribution in [0.5, 0.6) is 0 Å². The standard InChI is InChI=1S/C10H11BrFNO2/c1-13(6-10(14)15)5-7-2-8(11)4-9(12)3-7/h2-4H,5-6H2,1H3,(H,14,15). The molecule has 0 fully saturated rings. The van der Waals surface area contributed by atoms with Gasteiger partial charge in [-0.2, -0.15) is 0 Å². The third kappa shape index (κ3) is 4.40. The fraction of sp³-hybridized carbons (Fsp3) is 0.300. The van der Waals surface area contributed by atoms with Crippen molar-refractivity contribution in [1.29, 1.82) is 0 Å². The Kier molecular flexibility index (Phi) is 4.23. The lowest BCUT2D eigenvalue weighted by molar-refractivity contribution is -0.138. The monoisotopic (exact) mass is 275 g/mol. The van der Waals surface area contributed by atoms with Crippen molar-refractivity contribution in [3.8, 4) is 0 Å². The van der Waals surface area contributed by atoms with Gasteiger partial charge in [0.15, 0.2) is 0 Å². The summed E-state index contributed by atoms with van der Waals surface area (Å²) >= 11 is 3.18. The maximum atomic E-state index is 13.0. The van der Waals surface area contributed by atoms with Gasteiger partial charge < -0.3 is 5.11 Å². The summed E-state index contributed by atoms with van der Waals surface area (Å²) in [6, 6.07) is 4.52. The maximum Gasteiger partial charge on any atom is 0.317 e. The minimum absolute atomic E-state index is 0.0614. The number of hydrogen-bond acceptors (Lipinski definition) is 2. The highest BCUT2D eigenvalue weighted by Gasteiger charge is 2.06. The van der Waals surface area contributed by atoms with Crippen LogP contribution in [-0.4, -0.2) is 29.6 Å². The van der Waals surface area contributed by atoms with Crippen LogP contribution in [0.4, 0.5) is 4.39 Å². The lowest BCUT2D eigenvalue weighted by Gasteiger charge is -2.14. The van der Waals surface area contributed by atoms with E-state index in [0.717, 1.165) is 5.56 Å². The zero-order valence-electron chi connectivity index (χ0n) is 8.20. The van der Waals surface area contributed by atoms with E-state index in [1.54, 1.807) is 18.0 Å². The summed E-state index contributed by atoms with van der Waals surface area (Å²) in [6.07, 6.45) is 0. The van der Waals surface area contributed by atoms with Crippen molar-refractivity contribution in [2.24, 2.45) is 0 Å². The minimum Gasteiger partial charge on any atom is -0.480 e. The number of carbonyl (C=O) groups is 1. The normalized spacial score (nSPS) is 10.7. The zero-order valence-corrected chi connectivity index (χ0v) is 9.79. The van der Waals surface area contributed by atoms with E-state index in [4.69, 9.17) is 5.11 Å². The molecule has 0 bridgehead atoms. The largest absolute Gasteiger partial charge is 0.480 e. The van der Waals surface area contributed by atoms with Gasteiger partial charge in [0.1, 0.15) is 5.82 Å². The van der Waals surface area contributed by atoms with Crippen molar-refractivity contribution >= 4 is 21.9 Å². The Labute approximate surface area is 95.6 Å². The molecule has 0 spiro atoms. The smallest absolute Gasteiger partial charge is 0.317 e. The first kappa shape index (κ1) is 12.1. The molecule has 0 atom stereocenters. The Morgan fingerprint density at radius 1 is 1.53 bits per heavy atom. The average Bonchev–Trinajstić information content (AvgIpc) is 1.98. The van der Waals surface area contributed by atoms with E-state index < -0.39 is 5.97 Å². The van der Waals surface area contributed by atoms with Crippen molar-refractivity contribution in [3.05, 3.63) is 34.1 Å². The number of rotatable bonds is 4.